The number of nitrogens with zero attached hydrogens (tertiary/aromatic N) is 1. The molecule has 0 aliphatic carbocycles. The van der Waals surface area contributed by atoms with Gasteiger partial charge in [0.15, 0.2) is 0 Å². The van der Waals surface area contributed by atoms with E-state index in [9.17, 15) is 4.79 Å². The van der Waals surface area contributed by atoms with Gasteiger partial charge in [-0.25, -0.2) is 0 Å². The minimum absolute atomic E-state index is 0.193. The molecule has 0 aliphatic heterocycles. The lowest BCUT2D eigenvalue weighted by atomic mass is 10.1. The minimum Gasteiger partial charge on any atom is -0.339 e. The summed E-state index contributed by atoms with van der Waals surface area (Å²) in [5.41, 5.74) is 8.02. The van der Waals surface area contributed by atoms with Gasteiger partial charge >= 0.3 is 0 Å². The molecule has 0 fully saturated rings. The molecule has 1 aromatic carbocycles. The lowest BCUT2D eigenvalue weighted by molar-refractivity contribution is -0.132. The Labute approximate surface area is 110 Å². The average Bonchev–Trinajstić information content (AvgIpc) is 2.37. The van der Waals surface area contributed by atoms with Crippen LogP contribution in [-0.2, 0) is 11.3 Å². The molecule has 1 aromatic rings. The first kappa shape index (κ1) is 14.7. The first-order valence-corrected chi connectivity index (χ1v) is 6.60. The number of hydrogen-bond donors (Lipinski definition) is 1. The highest BCUT2D eigenvalue weighted by Crippen LogP contribution is 2.12. The number of carbonyl (C=O) groups is 1. The van der Waals surface area contributed by atoms with E-state index in [2.05, 4.69) is 19.1 Å². The van der Waals surface area contributed by atoms with E-state index in [1.54, 1.807) is 0 Å². The SMILES string of the molecule is CCN(Cc1ccccc1C)C(=O)CC(C)CN. The Bertz CT molecular complexity index is 390. The molecule has 1 unspecified atom stereocenters. The lowest BCUT2D eigenvalue weighted by Crippen LogP contribution is -2.32. The molecule has 3 heteroatoms. The van der Waals surface area contributed by atoms with Gasteiger partial charge in [-0.1, -0.05) is 31.2 Å². The Morgan fingerprint density at radius 2 is 2.06 bits per heavy atom. The van der Waals surface area contributed by atoms with Gasteiger partial charge in [-0.3, -0.25) is 4.79 Å². The summed E-state index contributed by atoms with van der Waals surface area (Å²) in [5.74, 6) is 0.446. The third-order valence-corrected chi connectivity index (χ3v) is 3.28. The van der Waals surface area contributed by atoms with Crippen LogP contribution in [0.3, 0.4) is 0 Å². The summed E-state index contributed by atoms with van der Waals surface area (Å²) in [7, 11) is 0. The van der Waals surface area contributed by atoms with Crippen LogP contribution in [0.25, 0.3) is 0 Å². The van der Waals surface area contributed by atoms with Crippen molar-refractivity contribution < 1.29 is 4.79 Å². The summed E-state index contributed by atoms with van der Waals surface area (Å²) in [6.07, 6.45) is 0.538. The van der Waals surface area contributed by atoms with E-state index >= 15 is 0 Å². The normalized spacial score (nSPS) is 12.2. The van der Waals surface area contributed by atoms with Gasteiger partial charge in [-0.15, -0.1) is 0 Å². The van der Waals surface area contributed by atoms with E-state index in [-0.39, 0.29) is 11.8 Å². The zero-order valence-corrected chi connectivity index (χ0v) is 11.6. The summed E-state index contributed by atoms with van der Waals surface area (Å²) >= 11 is 0. The van der Waals surface area contributed by atoms with Gasteiger partial charge < -0.3 is 10.6 Å². The van der Waals surface area contributed by atoms with E-state index in [0.29, 0.717) is 19.5 Å². The van der Waals surface area contributed by atoms with Crippen molar-refractivity contribution in [1.29, 1.82) is 0 Å². The summed E-state index contributed by atoms with van der Waals surface area (Å²) in [4.78, 5) is 14.0. The first-order chi connectivity index (χ1) is 8.58. The molecule has 0 aromatic heterocycles. The summed E-state index contributed by atoms with van der Waals surface area (Å²) in [6.45, 7) is 8.11. The third kappa shape index (κ3) is 4.15. The number of aryl methyl sites for hydroxylation is 1. The second-order valence-electron chi connectivity index (χ2n) is 4.88. The maximum Gasteiger partial charge on any atom is 0.223 e. The fraction of sp³-hybridized carbons (Fsp3) is 0.533. The van der Waals surface area contributed by atoms with Crippen LogP contribution in [0.5, 0.6) is 0 Å². The van der Waals surface area contributed by atoms with Gasteiger partial charge in [0.25, 0.3) is 0 Å². The fourth-order valence-electron chi connectivity index (χ4n) is 1.88. The fourth-order valence-corrected chi connectivity index (χ4v) is 1.88. The highest BCUT2D eigenvalue weighted by molar-refractivity contribution is 5.76. The second kappa shape index (κ2) is 7.17. The average molecular weight is 248 g/mol. The monoisotopic (exact) mass is 248 g/mol. The van der Waals surface area contributed by atoms with Crippen LogP contribution in [0, 0.1) is 12.8 Å². The number of nitrogens with two attached hydrogens (primary N) is 1. The van der Waals surface area contributed by atoms with Crippen molar-refractivity contribution in [3.05, 3.63) is 35.4 Å². The molecule has 0 bridgehead atoms. The summed E-state index contributed by atoms with van der Waals surface area (Å²) < 4.78 is 0. The Morgan fingerprint density at radius 1 is 1.39 bits per heavy atom. The first-order valence-electron chi connectivity index (χ1n) is 6.60. The Balaban J connectivity index is 2.67. The van der Waals surface area contributed by atoms with Crippen LogP contribution < -0.4 is 5.73 Å². The van der Waals surface area contributed by atoms with Crippen LogP contribution in [0.2, 0.25) is 0 Å². The molecular weight excluding hydrogens is 224 g/mol. The highest BCUT2D eigenvalue weighted by atomic mass is 16.2. The predicted molar refractivity (Wildman–Crippen MR) is 75.1 cm³/mol. The number of benzene rings is 1. The van der Waals surface area contributed by atoms with Gasteiger partial charge in [-0.2, -0.15) is 0 Å². The second-order valence-corrected chi connectivity index (χ2v) is 4.88. The molecular formula is C15H24N2O. The molecule has 3 nitrogen and oxygen atoms in total. The van der Waals surface area contributed by atoms with Crippen LogP contribution in [-0.4, -0.2) is 23.9 Å². The van der Waals surface area contributed by atoms with Crippen LogP contribution in [0.4, 0.5) is 0 Å². The minimum atomic E-state index is 0.193. The molecule has 1 amide bonds. The molecule has 0 aliphatic rings. The van der Waals surface area contributed by atoms with Crippen LogP contribution in [0.1, 0.15) is 31.4 Å². The summed E-state index contributed by atoms with van der Waals surface area (Å²) in [5, 5.41) is 0. The number of carbonyl (C=O) groups excluding carboxylic acids is 1. The zero-order chi connectivity index (χ0) is 13.5. The summed E-state index contributed by atoms with van der Waals surface area (Å²) in [6, 6.07) is 8.20. The standard InChI is InChI=1S/C15H24N2O/c1-4-17(15(18)9-12(2)10-16)11-14-8-6-5-7-13(14)3/h5-8,12H,4,9-11,16H2,1-3H3. The smallest absolute Gasteiger partial charge is 0.223 e. The maximum absolute atomic E-state index is 12.1. The predicted octanol–water partition coefficient (Wildman–Crippen LogP) is 2.33. The van der Waals surface area contributed by atoms with Gasteiger partial charge in [0.2, 0.25) is 5.91 Å². The van der Waals surface area contributed by atoms with Crippen molar-refractivity contribution >= 4 is 5.91 Å². The van der Waals surface area contributed by atoms with Crippen molar-refractivity contribution in [3.63, 3.8) is 0 Å². The van der Waals surface area contributed by atoms with E-state index < -0.39 is 0 Å². The Morgan fingerprint density at radius 3 is 2.61 bits per heavy atom. The van der Waals surface area contributed by atoms with E-state index in [4.69, 9.17) is 5.73 Å². The van der Waals surface area contributed by atoms with Gasteiger partial charge in [0.05, 0.1) is 0 Å². The van der Waals surface area contributed by atoms with Crippen molar-refractivity contribution in [1.82, 2.24) is 4.90 Å². The largest absolute Gasteiger partial charge is 0.339 e. The van der Waals surface area contributed by atoms with Crippen molar-refractivity contribution in [2.24, 2.45) is 11.7 Å². The van der Waals surface area contributed by atoms with Crippen LogP contribution in [0.15, 0.2) is 24.3 Å². The molecule has 0 heterocycles. The third-order valence-electron chi connectivity index (χ3n) is 3.28. The number of rotatable bonds is 6. The van der Waals surface area contributed by atoms with Crippen LogP contribution >= 0.6 is 0 Å². The van der Waals surface area contributed by atoms with Gasteiger partial charge in [-0.05, 0) is 37.4 Å². The molecule has 0 radical (unpaired) electrons. The van der Waals surface area contributed by atoms with Crippen molar-refractivity contribution in [2.75, 3.05) is 13.1 Å². The molecule has 1 rings (SSSR count). The lowest BCUT2D eigenvalue weighted by Gasteiger charge is -2.23. The zero-order valence-electron chi connectivity index (χ0n) is 11.6. The quantitative estimate of drug-likeness (QED) is 0.840. The van der Waals surface area contributed by atoms with Crippen molar-refractivity contribution in [3.8, 4) is 0 Å². The van der Waals surface area contributed by atoms with Crippen molar-refractivity contribution in [2.45, 2.75) is 33.7 Å². The van der Waals surface area contributed by atoms with Gasteiger partial charge in [0.1, 0.15) is 0 Å². The molecule has 0 spiro atoms. The molecule has 0 saturated heterocycles. The Kier molecular flexibility index (Phi) is 5.86. The molecule has 100 valence electrons. The topological polar surface area (TPSA) is 46.3 Å². The van der Waals surface area contributed by atoms with E-state index in [0.717, 1.165) is 6.54 Å². The van der Waals surface area contributed by atoms with E-state index in [1.165, 1.54) is 11.1 Å². The maximum atomic E-state index is 12.1. The molecule has 1 atom stereocenters. The molecule has 2 N–H and O–H groups in total. The van der Waals surface area contributed by atoms with Gasteiger partial charge in [0, 0.05) is 19.5 Å². The van der Waals surface area contributed by atoms with E-state index in [1.807, 2.05) is 30.9 Å². The molecule has 18 heavy (non-hydrogen) atoms. The number of hydrogen-bond acceptors (Lipinski definition) is 2. The highest BCUT2D eigenvalue weighted by Gasteiger charge is 2.15. The number of amides is 1. The molecule has 0 saturated carbocycles. The Hall–Kier alpha value is -1.35.